The topological polar surface area (TPSA) is 67.2 Å². The molecular formula is C11H16F3N3O2. The molecule has 0 atom stereocenters. The Morgan fingerprint density at radius 1 is 1.47 bits per heavy atom. The van der Waals surface area contributed by atoms with Crippen molar-refractivity contribution in [1.29, 1.82) is 0 Å². The maximum atomic E-state index is 10.6. The van der Waals surface area contributed by atoms with Crippen LogP contribution in [-0.2, 0) is 4.79 Å². The Morgan fingerprint density at radius 2 is 2.00 bits per heavy atom. The van der Waals surface area contributed by atoms with Crippen LogP contribution >= 0.6 is 0 Å². The number of rotatable bonds is 1. The predicted octanol–water partition coefficient (Wildman–Crippen LogP) is 1.75. The summed E-state index contributed by atoms with van der Waals surface area (Å²) in [4.78, 5) is 8.90. The summed E-state index contributed by atoms with van der Waals surface area (Å²) in [6.45, 7) is 4.34. The monoisotopic (exact) mass is 279 g/mol. The van der Waals surface area contributed by atoms with Crippen LogP contribution in [0.2, 0.25) is 0 Å². The first-order valence-electron chi connectivity index (χ1n) is 5.82. The maximum Gasteiger partial charge on any atom is 0.490 e. The van der Waals surface area contributed by atoms with Gasteiger partial charge in [-0.2, -0.15) is 18.3 Å². The third kappa shape index (κ3) is 5.29. The molecular weight excluding hydrogens is 263 g/mol. The van der Waals surface area contributed by atoms with Crippen molar-refractivity contribution < 1.29 is 23.1 Å². The van der Waals surface area contributed by atoms with Crippen LogP contribution in [0.15, 0.2) is 12.4 Å². The minimum absolute atomic E-state index is 0.625. The number of halogens is 3. The normalized spacial score (nSPS) is 16.6. The van der Waals surface area contributed by atoms with E-state index >= 15 is 0 Å². The van der Waals surface area contributed by atoms with Gasteiger partial charge in [-0.1, -0.05) is 0 Å². The van der Waals surface area contributed by atoms with Gasteiger partial charge in [-0.3, -0.25) is 4.68 Å². The molecule has 1 saturated heterocycles. The number of nitrogens with zero attached hydrogens (tertiary/aromatic N) is 2. The molecule has 0 aromatic carbocycles. The molecule has 0 aliphatic carbocycles. The summed E-state index contributed by atoms with van der Waals surface area (Å²) in [7, 11) is 0. The molecule has 2 N–H and O–H groups in total. The third-order valence-corrected chi connectivity index (χ3v) is 2.66. The van der Waals surface area contributed by atoms with E-state index in [9.17, 15) is 13.2 Å². The van der Waals surface area contributed by atoms with Crippen LogP contribution in [0.5, 0.6) is 0 Å². The molecule has 19 heavy (non-hydrogen) atoms. The fourth-order valence-electron chi connectivity index (χ4n) is 1.70. The van der Waals surface area contributed by atoms with Crippen molar-refractivity contribution in [1.82, 2.24) is 15.1 Å². The second-order valence-corrected chi connectivity index (χ2v) is 4.28. The van der Waals surface area contributed by atoms with Crippen LogP contribution in [0, 0.1) is 6.92 Å². The van der Waals surface area contributed by atoms with Crippen LogP contribution in [0.3, 0.4) is 0 Å². The van der Waals surface area contributed by atoms with Crippen LogP contribution in [0.25, 0.3) is 0 Å². The van der Waals surface area contributed by atoms with E-state index in [1.807, 2.05) is 6.20 Å². The summed E-state index contributed by atoms with van der Waals surface area (Å²) in [6, 6.07) is 0.625. The number of hydrogen-bond acceptors (Lipinski definition) is 3. The molecule has 1 aliphatic heterocycles. The zero-order valence-electron chi connectivity index (χ0n) is 10.4. The first-order chi connectivity index (χ1) is 8.80. The van der Waals surface area contributed by atoms with Gasteiger partial charge < -0.3 is 10.4 Å². The average molecular weight is 279 g/mol. The first-order valence-corrected chi connectivity index (χ1v) is 5.82. The Morgan fingerprint density at radius 3 is 2.37 bits per heavy atom. The highest BCUT2D eigenvalue weighted by atomic mass is 19.4. The SMILES string of the molecule is Cc1cnn(C2CCNCC2)c1.O=C(O)C(F)(F)F. The number of piperidine rings is 1. The van der Waals surface area contributed by atoms with Crippen molar-refractivity contribution >= 4 is 5.97 Å². The lowest BCUT2D eigenvalue weighted by Gasteiger charge is -2.22. The van der Waals surface area contributed by atoms with E-state index in [1.165, 1.54) is 18.4 Å². The number of aliphatic carboxylic acids is 1. The largest absolute Gasteiger partial charge is 0.490 e. The standard InChI is InChI=1S/C9H15N3.C2HF3O2/c1-8-6-11-12(7-8)9-2-4-10-5-3-9;3-2(4,5)1(6)7/h6-7,9-10H,2-5H2,1H3;(H,6,7). The van der Waals surface area contributed by atoms with Gasteiger partial charge >= 0.3 is 12.1 Å². The van der Waals surface area contributed by atoms with Gasteiger partial charge in [0.25, 0.3) is 0 Å². The highest BCUT2D eigenvalue weighted by molar-refractivity contribution is 5.73. The van der Waals surface area contributed by atoms with Gasteiger partial charge in [-0.25, -0.2) is 4.79 Å². The molecule has 0 radical (unpaired) electrons. The maximum absolute atomic E-state index is 10.6. The molecule has 2 heterocycles. The number of carbonyl (C=O) groups is 1. The fraction of sp³-hybridized carbons (Fsp3) is 0.636. The van der Waals surface area contributed by atoms with Crippen LogP contribution in [0.1, 0.15) is 24.4 Å². The summed E-state index contributed by atoms with van der Waals surface area (Å²) < 4.78 is 33.8. The highest BCUT2D eigenvalue weighted by Gasteiger charge is 2.38. The van der Waals surface area contributed by atoms with E-state index in [2.05, 4.69) is 28.2 Å². The summed E-state index contributed by atoms with van der Waals surface area (Å²) in [5, 5.41) is 14.8. The predicted molar refractivity (Wildman–Crippen MR) is 61.8 cm³/mol. The second-order valence-electron chi connectivity index (χ2n) is 4.28. The molecule has 108 valence electrons. The number of aryl methyl sites for hydroxylation is 1. The molecule has 5 nitrogen and oxygen atoms in total. The van der Waals surface area contributed by atoms with Gasteiger partial charge in [0.15, 0.2) is 0 Å². The van der Waals surface area contributed by atoms with Gasteiger partial charge in [-0.15, -0.1) is 0 Å². The van der Waals surface area contributed by atoms with Crippen molar-refractivity contribution in [3.8, 4) is 0 Å². The smallest absolute Gasteiger partial charge is 0.475 e. The molecule has 0 amide bonds. The Bertz CT molecular complexity index is 412. The highest BCUT2D eigenvalue weighted by Crippen LogP contribution is 2.17. The van der Waals surface area contributed by atoms with E-state index in [4.69, 9.17) is 9.90 Å². The Kier molecular flexibility index (Phi) is 5.34. The minimum Gasteiger partial charge on any atom is -0.475 e. The Hall–Kier alpha value is -1.57. The first kappa shape index (κ1) is 15.5. The summed E-state index contributed by atoms with van der Waals surface area (Å²) in [6.07, 6.45) is 1.40. The minimum atomic E-state index is -5.08. The second kappa shape index (κ2) is 6.55. The summed E-state index contributed by atoms with van der Waals surface area (Å²) in [5.74, 6) is -2.76. The van der Waals surface area contributed by atoms with Crippen LogP contribution in [-0.4, -0.2) is 40.1 Å². The molecule has 0 bridgehead atoms. The molecule has 1 aromatic rings. The molecule has 0 saturated carbocycles. The van der Waals surface area contributed by atoms with Crippen molar-refractivity contribution in [2.75, 3.05) is 13.1 Å². The van der Waals surface area contributed by atoms with Crippen LogP contribution in [0.4, 0.5) is 13.2 Å². The van der Waals surface area contributed by atoms with Gasteiger partial charge in [-0.05, 0) is 38.4 Å². The van der Waals surface area contributed by atoms with E-state index in [-0.39, 0.29) is 0 Å². The number of aromatic nitrogens is 2. The molecule has 1 aromatic heterocycles. The van der Waals surface area contributed by atoms with Crippen molar-refractivity contribution in [3.05, 3.63) is 18.0 Å². The van der Waals surface area contributed by atoms with Crippen LogP contribution < -0.4 is 5.32 Å². The lowest BCUT2D eigenvalue weighted by Crippen LogP contribution is -2.29. The number of hydrogen-bond donors (Lipinski definition) is 2. The van der Waals surface area contributed by atoms with Crippen molar-refractivity contribution in [2.24, 2.45) is 0 Å². The van der Waals surface area contributed by atoms with Crippen molar-refractivity contribution in [3.63, 3.8) is 0 Å². The Balaban J connectivity index is 0.000000224. The number of carboxylic acid groups (broad SMARTS) is 1. The van der Waals surface area contributed by atoms with E-state index < -0.39 is 12.1 Å². The fourth-order valence-corrected chi connectivity index (χ4v) is 1.70. The molecule has 1 fully saturated rings. The lowest BCUT2D eigenvalue weighted by atomic mass is 10.1. The van der Waals surface area contributed by atoms with Gasteiger partial charge in [0.2, 0.25) is 0 Å². The van der Waals surface area contributed by atoms with E-state index in [1.54, 1.807) is 0 Å². The quantitative estimate of drug-likeness (QED) is 0.822. The Labute approximate surface area is 108 Å². The number of carboxylic acids is 1. The van der Waals surface area contributed by atoms with Gasteiger partial charge in [0, 0.05) is 6.20 Å². The molecule has 0 unspecified atom stereocenters. The summed E-state index contributed by atoms with van der Waals surface area (Å²) >= 11 is 0. The molecule has 1 aliphatic rings. The van der Waals surface area contributed by atoms with E-state index in [0.29, 0.717) is 6.04 Å². The third-order valence-electron chi connectivity index (χ3n) is 2.66. The lowest BCUT2D eigenvalue weighted by molar-refractivity contribution is -0.192. The van der Waals surface area contributed by atoms with Crippen molar-refractivity contribution in [2.45, 2.75) is 32.0 Å². The number of alkyl halides is 3. The molecule has 8 heteroatoms. The van der Waals surface area contributed by atoms with E-state index in [0.717, 1.165) is 13.1 Å². The number of nitrogens with one attached hydrogen (secondary N) is 1. The average Bonchev–Trinajstić information content (AvgIpc) is 2.77. The zero-order chi connectivity index (χ0) is 14.5. The summed E-state index contributed by atoms with van der Waals surface area (Å²) in [5.41, 5.74) is 1.26. The molecule has 0 spiro atoms. The zero-order valence-corrected chi connectivity index (χ0v) is 10.4. The van der Waals surface area contributed by atoms with Gasteiger partial charge in [0.1, 0.15) is 0 Å². The van der Waals surface area contributed by atoms with Gasteiger partial charge in [0.05, 0.1) is 12.2 Å². The molecule has 2 rings (SSSR count).